The van der Waals surface area contributed by atoms with Crippen molar-refractivity contribution in [2.24, 2.45) is 0 Å². The van der Waals surface area contributed by atoms with Gasteiger partial charge >= 0.3 is 0 Å². The third kappa shape index (κ3) is 10.6. The first-order valence-electron chi connectivity index (χ1n) is 27.5. The second-order valence-electron chi connectivity index (χ2n) is 21.0. The summed E-state index contributed by atoms with van der Waals surface area (Å²) in [5.41, 5.74) is 6.21. The third-order valence-corrected chi connectivity index (χ3v) is 16.0. The number of rotatable bonds is 21. The van der Waals surface area contributed by atoms with Crippen LogP contribution in [0.25, 0.3) is 0 Å². The highest BCUT2D eigenvalue weighted by molar-refractivity contribution is 6.02. The van der Waals surface area contributed by atoms with E-state index < -0.39 is 67.0 Å². The molecule has 0 aliphatic carbocycles. The van der Waals surface area contributed by atoms with E-state index in [9.17, 15) is 45.6 Å². The van der Waals surface area contributed by atoms with Gasteiger partial charge in [-0.15, -0.1) is 20.4 Å². The molecule has 436 valence electrons. The number of carbonyl (C=O) groups is 1. The maximum absolute atomic E-state index is 15.0. The average molecular weight is 1130 g/mol. The minimum absolute atomic E-state index is 0.121. The lowest BCUT2D eigenvalue weighted by Crippen LogP contribution is -2.58. The van der Waals surface area contributed by atoms with Gasteiger partial charge in [-0.1, -0.05) is 51.2 Å². The smallest absolute Gasteiger partial charge is 0.255 e. The predicted octanol–water partition coefficient (Wildman–Crippen LogP) is -0.699. The quantitative estimate of drug-likeness (QED) is 0.0441. The Labute approximate surface area is 470 Å². The molecule has 8 heterocycles. The SMILES string of the molecule is CCN(CC)c1ccc2c(c1)Oc1cc(N(CC)CC)ccc1C21c2ccccc2C(=O)N1Cc1cn(CCn2cc(CN(Cc3cn(CC4O[C@H](O)[C@H](O)[C@@H](O)[C@H]4O)nn3)Cc3cnnn3CC3O[C@H](O)[C@H](O)[C@@H](O)[C@H]3O)nn2)nn1. The zero-order chi connectivity index (χ0) is 57.6. The number of fused-ring (bicyclic) bond motifs is 6. The standard InChI is InChI=1S/C54H68N16O12/c1-5-64(6-2)34-13-15-39-41(19-34)80-42-20-35(65(7-3)8-4)14-16-40(42)54(39)38-12-10-9-11-37(38)51(77)69(54)27-33-25-67(61-58-33)18-17-66-24-31(56-60-66)22-63(23-32-26-68(62-57-32)29-43-45(71)47(73)49(75)52(78)81-43)28-36-21-55-59-70(36)30-44-46(72)48(74)50(76)53(79)82-44/h9-16,19-21,24-26,43-50,52-53,71-76,78-79H,5-8,17-18,22-23,27-30H2,1-4H3/t43?,44?,45-,46-,47-,48-,49+,50+,52-,53-/m0/s1. The Balaban J connectivity index is 0.825. The lowest BCUT2D eigenvalue weighted by molar-refractivity contribution is -0.284. The number of aliphatic hydroxyl groups is 8. The summed E-state index contributed by atoms with van der Waals surface area (Å²) in [6, 6.07) is 20.3. The zero-order valence-corrected chi connectivity index (χ0v) is 45.7. The van der Waals surface area contributed by atoms with E-state index in [1.165, 1.54) is 15.6 Å². The molecule has 28 heteroatoms. The first-order chi connectivity index (χ1) is 39.6. The Bertz CT molecular complexity index is 3280. The number of amides is 1. The number of nitrogens with zero attached hydrogens (tertiary/aromatic N) is 16. The van der Waals surface area contributed by atoms with E-state index in [1.807, 2.05) is 40.3 Å². The van der Waals surface area contributed by atoms with Gasteiger partial charge in [0.25, 0.3) is 5.91 Å². The van der Waals surface area contributed by atoms with Crippen LogP contribution >= 0.6 is 0 Å². The topological polar surface area (TPSA) is 342 Å². The van der Waals surface area contributed by atoms with Crippen LogP contribution in [0, 0.1) is 0 Å². The highest BCUT2D eigenvalue weighted by atomic mass is 16.6. The van der Waals surface area contributed by atoms with Crippen LogP contribution in [0.5, 0.6) is 11.5 Å². The molecule has 11 rings (SSSR count). The molecule has 7 aromatic rings. The second-order valence-corrected chi connectivity index (χ2v) is 21.0. The Morgan fingerprint density at radius 2 is 1.07 bits per heavy atom. The van der Waals surface area contributed by atoms with Crippen LogP contribution in [0.3, 0.4) is 0 Å². The van der Waals surface area contributed by atoms with Crippen LogP contribution in [0.15, 0.2) is 85.5 Å². The summed E-state index contributed by atoms with van der Waals surface area (Å²) in [5, 5.41) is 117. The van der Waals surface area contributed by atoms with Crippen molar-refractivity contribution in [3.8, 4) is 11.5 Å². The van der Waals surface area contributed by atoms with Gasteiger partial charge in [-0.05, 0) is 51.5 Å². The van der Waals surface area contributed by atoms with Gasteiger partial charge in [0.2, 0.25) is 0 Å². The maximum Gasteiger partial charge on any atom is 0.255 e. The van der Waals surface area contributed by atoms with Gasteiger partial charge in [-0.3, -0.25) is 19.1 Å². The molecule has 0 radical (unpaired) electrons. The molecule has 8 N–H and O–H groups in total. The van der Waals surface area contributed by atoms with Crippen molar-refractivity contribution in [2.75, 3.05) is 36.0 Å². The van der Waals surface area contributed by atoms with Crippen molar-refractivity contribution >= 4 is 17.3 Å². The number of anilines is 2. The molecule has 4 aliphatic heterocycles. The summed E-state index contributed by atoms with van der Waals surface area (Å²) in [7, 11) is 0. The highest BCUT2D eigenvalue weighted by Crippen LogP contribution is 2.58. The summed E-state index contributed by atoms with van der Waals surface area (Å²) in [6.07, 6.45) is -8.86. The number of benzene rings is 3. The summed E-state index contributed by atoms with van der Waals surface area (Å²) < 4.78 is 23.8. The van der Waals surface area contributed by atoms with Crippen LogP contribution in [0.4, 0.5) is 11.4 Å². The number of aromatic nitrogens is 12. The number of hydrogen-bond donors (Lipinski definition) is 8. The van der Waals surface area contributed by atoms with Gasteiger partial charge in [-0.25, -0.2) is 9.36 Å². The summed E-state index contributed by atoms with van der Waals surface area (Å²) in [4.78, 5) is 23.3. The molecule has 10 atom stereocenters. The molecular formula is C54H68N16O12. The van der Waals surface area contributed by atoms with Gasteiger partial charge < -0.3 is 69.8 Å². The van der Waals surface area contributed by atoms with E-state index in [0.29, 0.717) is 52.9 Å². The molecule has 2 unspecified atom stereocenters. The summed E-state index contributed by atoms with van der Waals surface area (Å²) in [5.74, 6) is 1.19. The fourth-order valence-corrected chi connectivity index (χ4v) is 11.7. The van der Waals surface area contributed by atoms with Crippen molar-refractivity contribution < 1.29 is 59.9 Å². The Hall–Kier alpha value is -7.35. The van der Waals surface area contributed by atoms with Gasteiger partial charge in [0.05, 0.1) is 62.2 Å². The number of aliphatic hydroxyl groups excluding tert-OH is 8. The third-order valence-electron chi connectivity index (χ3n) is 16.0. The highest BCUT2D eigenvalue weighted by Gasteiger charge is 2.56. The van der Waals surface area contributed by atoms with Gasteiger partial charge in [0.15, 0.2) is 12.6 Å². The van der Waals surface area contributed by atoms with Crippen LogP contribution in [-0.2, 0) is 67.4 Å². The average Bonchev–Trinajstić information content (AvgIpc) is 1.57. The van der Waals surface area contributed by atoms with E-state index in [-0.39, 0.29) is 45.2 Å². The minimum atomic E-state index is -1.75. The summed E-state index contributed by atoms with van der Waals surface area (Å²) in [6.45, 7) is 12.8. The van der Waals surface area contributed by atoms with Crippen LogP contribution in [0.1, 0.15) is 77.5 Å². The van der Waals surface area contributed by atoms with Crippen LogP contribution in [0.2, 0.25) is 0 Å². The van der Waals surface area contributed by atoms with Crippen LogP contribution in [-0.4, -0.2) is 204 Å². The molecular weight excluding hydrogens is 1060 g/mol. The molecule has 1 spiro atoms. The predicted molar refractivity (Wildman–Crippen MR) is 287 cm³/mol. The van der Waals surface area contributed by atoms with Crippen molar-refractivity contribution in [3.05, 3.63) is 130 Å². The van der Waals surface area contributed by atoms with Gasteiger partial charge in [0, 0.05) is 98.4 Å². The molecule has 4 aromatic heterocycles. The van der Waals surface area contributed by atoms with Crippen molar-refractivity contribution in [3.63, 3.8) is 0 Å². The fourth-order valence-electron chi connectivity index (χ4n) is 11.7. The normalized spacial score (nSPS) is 24.6. The monoisotopic (exact) mass is 1130 g/mol. The largest absolute Gasteiger partial charge is 0.456 e. The lowest BCUT2D eigenvalue weighted by atomic mass is 9.74. The second kappa shape index (κ2) is 23.5. The molecule has 3 aromatic carbocycles. The Kier molecular flexibility index (Phi) is 16.2. The number of hydrogen-bond acceptors (Lipinski definition) is 23. The fraction of sp³-hybridized carbons (Fsp3) is 0.500. The van der Waals surface area contributed by atoms with E-state index in [0.717, 1.165) is 54.2 Å². The van der Waals surface area contributed by atoms with E-state index in [1.54, 1.807) is 21.8 Å². The maximum atomic E-state index is 15.0. The molecule has 4 aliphatic rings. The zero-order valence-electron chi connectivity index (χ0n) is 45.7. The van der Waals surface area contributed by atoms with Gasteiger partial charge in [0.1, 0.15) is 71.6 Å². The van der Waals surface area contributed by atoms with Crippen molar-refractivity contribution in [2.45, 2.75) is 147 Å². The van der Waals surface area contributed by atoms with Crippen LogP contribution < -0.4 is 14.5 Å². The molecule has 82 heavy (non-hydrogen) atoms. The Morgan fingerprint density at radius 3 is 1.65 bits per heavy atom. The first-order valence-corrected chi connectivity index (χ1v) is 27.5. The Morgan fingerprint density at radius 1 is 0.561 bits per heavy atom. The molecule has 28 nitrogen and oxygen atoms in total. The molecule has 2 fully saturated rings. The molecule has 2 saturated heterocycles. The number of ether oxygens (including phenoxy) is 3. The van der Waals surface area contributed by atoms with E-state index >= 15 is 0 Å². The first kappa shape index (κ1) is 56.5. The minimum Gasteiger partial charge on any atom is -0.456 e. The number of carbonyl (C=O) groups excluding carboxylic acids is 1. The lowest BCUT2D eigenvalue weighted by Gasteiger charge is -2.44. The van der Waals surface area contributed by atoms with E-state index in [4.69, 9.17) is 14.2 Å². The summed E-state index contributed by atoms with van der Waals surface area (Å²) >= 11 is 0. The van der Waals surface area contributed by atoms with Crippen molar-refractivity contribution in [1.82, 2.24) is 69.8 Å². The van der Waals surface area contributed by atoms with E-state index in [2.05, 4.69) is 115 Å². The molecule has 1 amide bonds. The molecule has 0 saturated carbocycles. The van der Waals surface area contributed by atoms with Gasteiger partial charge in [-0.2, -0.15) is 0 Å². The molecule has 0 bridgehead atoms. The van der Waals surface area contributed by atoms with Crippen molar-refractivity contribution in [1.29, 1.82) is 0 Å². The number of aryl methyl sites for hydroxylation is 2.